The number of pyridine rings is 1. The normalized spacial score (nSPS) is 14.0. The van der Waals surface area contributed by atoms with Gasteiger partial charge in [0.15, 0.2) is 0 Å². The number of anilines is 1. The number of likely N-dealkylation sites (N-methyl/N-ethyl adjacent to an activating group) is 1. The summed E-state index contributed by atoms with van der Waals surface area (Å²) in [6.45, 7) is 5.50. The van der Waals surface area contributed by atoms with E-state index in [1.807, 2.05) is 6.20 Å². The maximum Gasteiger partial charge on any atom is 0.139 e. The zero-order valence-corrected chi connectivity index (χ0v) is 15.2. The van der Waals surface area contributed by atoms with Crippen LogP contribution in [0.25, 0.3) is 22.2 Å². The lowest BCUT2D eigenvalue weighted by Crippen LogP contribution is -2.12. The molecule has 0 bridgehead atoms. The first kappa shape index (κ1) is 14.8. The number of rotatable bonds is 2. The van der Waals surface area contributed by atoms with Gasteiger partial charge in [-0.1, -0.05) is 26.0 Å². The van der Waals surface area contributed by atoms with E-state index in [2.05, 4.69) is 76.1 Å². The number of hydrogen-bond donors (Lipinski definition) is 1. The Morgan fingerprint density at radius 3 is 2.91 bits per heavy atom. The van der Waals surface area contributed by atoms with Crippen molar-refractivity contribution in [2.24, 2.45) is 0 Å². The maximum atomic E-state index is 4.60. The zero-order chi connectivity index (χ0) is 16.1. The summed E-state index contributed by atoms with van der Waals surface area (Å²) in [5.41, 5.74) is 7.43. The Hall–Kier alpha value is -1.81. The quantitative estimate of drug-likeness (QED) is 0.680. The fraction of sp³-hybridized carbons (Fsp3) is 0.316. The minimum atomic E-state index is 0.440. The van der Waals surface area contributed by atoms with Crippen LogP contribution in [0.2, 0.25) is 0 Å². The average molecular weight is 370 g/mol. The molecule has 4 heteroatoms. The van der Waals surface area contributed by atoms with Crippen LogP contribution >= 0.6 is 15.9 Å². The third-order valence-electron chi connectivity index (χ3n) is 4.81. The van der Waals surface area contributed by atoms with E-state index in [9.17, 15) is 0 Å². The number of nitrogens with zero attached hydrogens (tertiary/aromatic N) is 2. The molecule has 118 valence electrons. The number of aromatic amines is 1. The van der Waals surface area contributed by atoms with E-state index in [0.717, 1.165) is 23.1 Å². The van der Waals surface area contributed by atoms with E-state index in [-0.39, 0.29) is 0 Å². The summed E-state index contributed by atoms with van der Waals surface area (Å²) in [5, 5.41) is 1.18. The molecule has 3 heterocycles. The van der Waals surface area contributed by atoms with Crippen molar-refractivity contribution >= 4 is 32.7 Å². The molecule has 1 aliphatic rings. The van der Waals surface area contributed by atoms with Gasteiger partial charge in [-0.05, 0) is 51.0 Å². The predicted molar refractivity (Wildman–Crippen MR) is 100 cm³/mol. The molecule has 4 rings (SSSR count). The van der Waals surface area contributed by atoms with Crippen molar-refractivity contribution in [2.75, 3.05) is 18.5 Å². The Morgan fingerprint density at radius 1 is 1.30 bits per heavy atom. The van der Waals surface area contributed by atoms with Gasteiger partial charge < -0.3 is 9.88 Å². The van der Waals surface area contributed by atoms with Gasteiger partial charge in [-0.25, -0.2) is 4.98 Å². The van der Waals surface area contributed by atoms with Gasteiger partial charge >= 0.3 is 0 Å². The van der Waals surface area contributed by atoms with Crippen LogP contribution in [-0.4, -0.2) is 23.6 Å². The van der Waals surface area contributed by atoms with Crippen molar-refractivity contribution in [3.05, 3.63) is 46.2 Å². The second-order valence-electron chi connectivity index (χ2n) is 6.62. The summed E-state index contributed by atoms with van der Waals surface area (Å²) in [6.07, 6.45) is 5.18. The van der Waals surface area contributed by atoms with Crippen molar-refractivity contribution < 1.29 is 0 Å². The molecule has 0 fully saturated rings. The van der Waals surface area contributed by atoms with Crippen LogP contribution in [0.5, 0.6) is 0 Å². The van der Waals surface area contributed by atoms with Gasteiger partial charge in [-0.2, -0.15) is 0 Å². The molecule has 0 unspecified atom stereocenters. The summed E-state index contributed by atoms with van der Waals surface area (Å²) in [7, 11) is 2.17. The Morgan fingerprint density at radius 2 is 2.13 bits per heavy atom. The molecule has 0 saturated heterocycles. The lowest BCUT2D eigenvalue weighted by Gasteiger charge is -2.13. The van der Waals surface area contributed by atoms with E-state index in [1.165, 1.54) is 33.3 Å². The van der Waals surface area contributed by atoms with Crippen molar-refractivity contribution in [3.63, 3.8) is 0 Å². The van der Waals surface area contributed by atoms with Gasteiger partial charge in [0.2, 0.25) is 0 Å². The van der Waals surface area contributed by atoms with Crippen LogP contribution in [0.1, 0.15) is 30.9 Å². The van der Waals surface area contributed by atoms with Crippen molar-refractivity contribution in [2.45, 2.75) is 26.2 Å². The largest absolute Gasteiger partial charge is 0.374 e. The Kier molecular flexibility index (Phi) is 3.45. The standard InChI is InChI=1S/C19H20BrN3/c1-11(2)14-9-21-19-17(18(14)20)15(10-22-19)13-5-4-12-6-7-23(3)16(12)8-13/h4-5,8-11H,6-7H2,1-3H3,(H,21,22). The first-order valence-electron chi connectivity index (χ1n) is 8.06. The summed E-state index contributed by atoms with van der Waals surface area (Å²) >= 11 is 3.81. The van der Waals surface area contributed by atoms with Gasteiger partial charge in [-0.15, -0.1) is 0 Å². The number of aromatic nitrogens is 2. The number of hydrogen-bond acceptors (Lipinski definition) is 2. The Balaban J connectivity index is 1.93. The van der Waals surface area contributed by atoms with Crippen LogP contribution in [0.4, 0.5) is 5.69 Å². The second kappa shape index (κ2) is 5.38. The Bertz CT molecular complexity index is 895. The summed E-state index contributed by atoms with van der Waals surface area (Å²) in [4.78, 5) is 10.3. The van der Waals surface area contributed by atoms with E-state index >= 15 is 0 Å². The molecule has 3 aromatic rings. The number of H-pyrrole nitrogens is 1. The van der Waals surface area contributed by atoms with Crippen molar-refractivity contribution in [1.82, 2.24) is 9.97 Å². The van der Waals surface area contributed by atoms with Crippen molar-refractivity contribution in [3.8, 4) is 11.1 Å². The fourth-order valence-electron chi connectivity index (χ4n) is 3.41. The first-order chi connectivity index (χ1) is 11.1. The monoisotopic (exact) mass is 369 g/mol. The van der Waals surface area contributed by atoms with E-state index in [1.54, 1.807) is 0 Å². The van der Waals surface area contributed by atoms with E-state index in [0.29, 0.717) is 5.92 Å². The topological polar surface area (TPSA) is 31.9 Å². The molecule has 23 heavy (non-hydrogen) atoms. The van der Waals surface area contributed by atoms with Gasteiger partial charge in [0.1, 0.15) is 5.65 Å². The zero-order valence-electron chi connectivity index (χ0n) is 13.7. The molecule has 0 aliphatic carbocycles. The van der Waals surface area contributed by atoms with Gasteiger partial charge in [0.25, 0.3) is 0 Å². The highest BCUT2D eigenvalue weighted by Gasteiger charge is 2.19. The first-order valence-corrected chi connectivity index (χ1v) is 8.85. The molecule has 1 aromatic carbocycles. The molecule has 2 aromatic heterocycles. The molecule has 1 N–H and O–H groups in total. The Labute approximate surface area is 144 Å². The van der Waals surface area contributed by atoms with Crippen LogP contribution in [0, 0.1) is 0 Å². The molecule has 3 nitrogen and oxygen atoms in total. The SMILES string of the molecule is CC(C)c1cnc2[nH]cc(-c3ccc4c(c3)N(C)CC4)c2c1Br. The molecule has 0 saturated carbocycles. The summed E-state index contributed by atoms with van der Waals surface area (Å²) in [5.74, 6) is 0.440. The minimum absolute atomic E-state index is 0.440. The van der Waals surface area contributed by atoms with Gasteiger partial charge in [0.05, 0.1) is 0 Å². The molecule has 0 atom stereocenters. The van der Waals surface area contributed by atoms with Gasteiger partial charge in [-0.3, -0.25) is 0 Å². The summed E-state index contributed by atoms with van der Waals surface area (Å²) < 4.78 is 1.16. The van der Waals surface area contributed by atoms with E-state index < -0.39 is 0 Å². The van der Waals surface area contributed by atoms with Gasteiger partial charge in [0, 0.05) is 47.1 Å². The number of halogens is 1. The molecule has 0 radical (unpaired) electrons. The van der Waals surface area contributed by atoms with Crippen LogP contribution in [0.3, 0.4) is 0 Å². The molecular weight excluding hydrogens is 350 g/mol. The van der Waals surface area contributed by atoms with Crippen LogP contribution in [-0.2, 0) is 6.42 Å². The van der Waals surface area contributed by atoms with Crippen LogP contribution in [0.15, 0.2) is 35.1 Å². The lowest BCUT2D eigenvalue weighted by molar-refractivity contribution is 0.856. The lowest BCUT2D eigenvalue weighted by atomic mass is 9.99. The highest BCUT2D eigenvalue weighted by molar-refractivity contribution is 9.10. The highest BCUT2D eigenvalue weighted by Crippen LogP contribution is 2.39. The third kappa shape index (κ3) is 2.27. The number of benzene rings is 1. The molecule has 1 aliphatic heterocycles. The number of fused-ring (bicyclic) bond motifs is 2. The van der Waals surface area contributed by atoms with Crippen molar-refractivity contribution in [1.29, 1.82) is 0 Å². The molecule has 0 spiro atoms. The fourth-order valence-corrected chi connectivity index (χ4v) is 4.37. The number of nitrogens with one attached hydrogen (secondary N) is 1. The molecular formula is C19H20BrN3. The smallest absolute Gasteiger partial charge is 0.139 e. The van der Waals surface area contributed by atoms with E-state index in [4.69, 9.17) is 0 Å². The minimum Gasteiger partial charge on any atom is -0.374 e. The highest BCUT2D eigenvalue weighted by atomic mass is 79.9. The van der Waals surface area contributed by atoms with Crippen LogP contribution < -0.4 is 4.90 Å². The summed E-state index contributed by atoms with van der Waals surface area (Å²) in [6, 6.07) is 6.80. The maximum absolute atomic E-state index is 4.60. The second-order valence-corrected chi connectivity index (χ2v) is 7.42. The third-order valence-corrected chi connectivity index (χ3v) is 5.67. The predicted octanol–water partition coefficient (Wildman–Crippen LogP) is 5.11. The average Bonchev–Trinajstić information content (AvgIpc) is 3.12. The molecule has 0 amide bonds.